The van der Waals surface area contributed by atoms with Crippen LogP contribution in [-0.4, -0.2) is 30.5 Å². The Balaban J connectivity index is 1.81. The van der Waals surface area contributed by atoms with Crippen LogP contribution in [0.2, 0.25) is 0 Å². The van der Waals surface area contributed by atoms with Gasteiger partial charge in [0.15, 0.2) is 0 Å². The molecule has 1 saturated heterocycles. The van der Waals surface area contributed by atoms with Gasteiger partial charge < -0.3 is 9.64 Å². The Morgan fingerprint density at radius 3 is 2.85 bits per heavy atom. The third-order valence-electron chi connectivity index (χ3n) is 4.82. The second-order valence-electron chi connectivity index (χ2n) is 5.98. The fourth-order valence-corrected chi connectivity index (χ4v) is 3.80. The summed E-state index contributed by atoms with van der Waals surface area (Å²) in [6, 6.07) is 8.01. The molecule has 108 valence electrons. The number of fused-ring (bicyclic) bond motifs is 1. The van der Waals surface area contributed by atoms with Crippen molar-refractivity contribution in [2.75, 3.05) is 13.7 Å². The minimum Gasteiger partial charge on any atom is -0.497 e. The molecule has 3 heteroatoms. The summed E-state index contributed by atoms with van der Waals surface area (Å²) in [5, 5.41) is 0. The van der Waals surface area contributed by atoms with Crippen molar-refractivity contribution in [3.05, 3.63) is 29.8 Å². The van der Waals surface area contributed by atoms with Gasteiger partial charge in [-0.15, -0.1) is 0 Å². The molecule has 1 aromatic rings. The summed E-state index contributed by atoms with van der Waals surface area (Å²) >= 11 is 0. The molecule has 1 aromatic carbocycles. The number of likely N-dealkylation sites (tertiary alicyclic amines) is 1. The third kappa shape index (κ3) is 2.54. The molecule has 3 nitrogen and oxygen atoms in total. The second-order valence-corrected chi connectivity index (χ2v) is 5.98. The molecule has 1 saturated carbocycles. The van der Waals surface area contributed by atoms with Crippen molar-refractivity contribution in [2.45, 2.75) is 44.6 Å². The van der Waals surface area contributed by atoms with Crippen molar-refractivity contribution in [3.8, 4) is 5.75 Å². The molecule has 20 heavy (non-hydrogen) atoms. The molecule has 1 amide bonds. The molecule has 0 bridgehead atoms. The van der Waals surface area contributed by atoms with Gasteiger partial charge >= 0.3 is 0 Å². The average molecular weight is 273 g/mol. The summed E-state index contributed by atoms with van der Waals surface area (Å²) < 4.78 is 5.23. The highest BCUT2D eigenvalue weighted by Gasteiger charge is 2.35. The number of amides is 1. The van der Waals surface area contributed by atoms with Gasteiger partial charge in [0.25, 0.3) is 5.91 Å². The maximum absolute atomic E-state index is 12.8. The Labute approximate surface area is 120 Å². The van der Waals surface area contributed by atoms with Crippen LogP contribution in [0.3, 0.4) is 0 Å². The Morgan fingerprint density at radius 1 is 1.20 bits per heavy atom. The van der Waals surface area contributed by atoms with E-state index in [1.165, 1.54) is 32.1 Å². The van der Waals surface area contributed by atoms with Crippen LogP contribution in [0, 0.1) is 5.92 Å². The lowest BCUT2D eigenvalue weighted by Gasteiger charge is -2.44. The van der Waals surface area contributed by atoms with E-state index < -0.39 is 0 Å². The van der Waals surface area contributed by atoms with Gasteiger partial charge in [0.1, 0.15) is 5.75 Å². The summed E-state index contributed by atoms with van der Waals surface area (Å²) in [6.45, 7) is 0.914. The van der Waals surface area contributed by atoms with Crippen LogP contribution in [0.1, 0.15) is 48.9 Å². The maximum atomic E-state index is 12.8. The number of hydrogen-bond donors (Lipinski definition) is 0. The van der Waals surface area contributed by atoms with Crippen LogP contribution in [0.5, 0.6) is 5.75 Å². The lowest BCUT2D eigenvalue weighted by Crippen LogP contribution is -2.49. The number of ether oxygens (including phenoxy) is 1. The van der Waals surface area contributed by atoms with Crippen molar-refractivity contribution in [1.29, 1.82) is 0 Å². The Hall–Kier alpha value is -1.51. The number of rotatable bonds is 2. The van der Waals surface area contributed by atoms with Crippen LogP contribution in [0.4, 0.5) is 0 Å². The predicted molar refractivity (Wildman–Crippen MR) is 79.0 cm³/mol. The van der Waals surface area contributed by atoms with E-state index in [0.717, 1.165) is 30.2 Å². The third-order valence-corrected chi connectivity index (χ3v) is 4.82. The highest BCUT2D eigenvalue weighted by molar-refractivity contribution is 5.95. The molecule has 2 atom stereocenters. The first-order chi connectivity index (χ1) is 9.79. The van der Waals surface area contributed by atoms with Gasteiger partial charge in [-0.25, -0.2) is 0 Å². The van der Waals surface area contributed by atoms with Crippen molar-refractivity contribution < 1.29 is 9.53 Å². The molecule has 1 aliphatic heterocycles. The van der Waals surface area contributed by atoms with Gasteiger partial charge in [-0.1, -0.05) is 18.9 Å². The standard InChI is InChI=1S/C17H23NO2/c1-20-15-9-4-7-14(12-15)17(19)18-11-5-8-13-6-2-3-10-16(13)18/h4,7,9,12-13,16H,2-3,5-6,8,10-11H2,1H3. The van der Waals surface area contributed by atoms with Crippen LogP contribution in [0.25, 0.3) is 0 Å². The van der Waals surface area contributed by atoms with E-state index in [0.29, 0.717) is 6.04 Å². The van der Waals surface area contributed by atoms with E-state index in [1.807, 2.05) is 24.3 Å². The van der Waals surface area contributed by atoms with Gasteiger partial charge in [0.2, 0.25) is 0 Å². The van der Waals surface area contributed by atoms with Gasteiger partial charge in [-0.3, -0.25) is 4.79 Å². The average Bonchev–Trinajstić information content (AvgIpc) is 2.53. The van der Waals surface area contributed by atoms with Crippen molar-refractivity contribution >= 4 is 5.91 Å². The molecular weight excluding hydrogens is 250 g/mol. The maximum Gasteiger partial charge on any atom is 0.254 e. The van der Waals surface area contributed by atoms with E-state index in [-0.39, 0.29) is 5.91 Å². The zero-order valence-corrected chi connectivity index (χ0v) is 12.2. The van der Waals surface area contributed by atoms with Crippen molar-refractivity contribution in [1.82, 2.24) is 4.90 Å². The molecule has 0 N–H and O–H groups in total. The molecule has 1 aliphatic carbocycles. The first-order valence-electron chi connectivity index (χ1n) is 7.74. The number of hydrogen-bond acceptors (Lipinski definition) is 2. The van der Waals surface area contributed by atoms with Crippen LogP contribution in [0.15, 0.2) is 24.3 Å². The SMILES string of the molecule is COc1cccc(C(=O)N2CCCC3CCCCC32)c1. The fraction of sp³-hybridized carbons (Fsp3) is 0.588. The number of carbonyl (C=O) groups is 1. The van der Waals surface area contributed by atoms with Crippen molar-refractivity contribution in [3.63, 3.8) is 0 Å². The summed E-state index contributed by atoms with van der Waals surface area (Å²) in [6.07, 6.45) is 7.53. The molecule has 3 rings (SSSR count). The van der Waals surface area contributed by atoms with E-state index in [4.69, 9.17) is 4.74 Å². The number of piperidine rings is 1. The minimum absolute atomic E-state index is 0.181. The highest BCUT2D eigenvalue weighted by Crippen LogP contribution is 2.36. The second kappa shape index (κ2) is 5.86. The first kappa shape index (κ1) is 13.5. The molecule has 1 heterocycles. The molecule has 2 unspecified atom stereocenters. The number of nitrogens with zero attached hydrogens (tertiary/aromatic N) is 1. The Bertz CT molecular complexity index is 484. The number of carbonyl (C=O) groups excluding carboxylic acids is 1. The summed E-state index contributed by atoms with van der Waals surface area (Å²) in [5.74, 6) is 1.67. The number of methoxy groups -OCH3 is 1. The molecule has 0 spiro atoms. The summed E-state index contributed by atoms with van der Waals surface area (Å²) in [7, 11) is 1.64. The van der Waals surface area contributed by atoms with Crippen LogP contribution in [-0.2, 0) is 0 Å². The predicted octanol–water partition coefficient (Wildman–Crippen LogP) is 3.49. The first-order valence-corrected chi connectivity index (χ1v) is 7.74. The number of benzene rings is 1. The zero-order chi connectivity index (χ0) is 13.9. The van der Waals surface area contributed by atoms with E-state index in [2.05, 4.69) is 4.90 Å². The minimum atomic E-state index is 0.181. The molecule has 0 aromatic heterocycles. The topological polar surface area (TPSA) is 29.5 Å². The normalized spacial score (nSPS) is 25.9. The van der Waals surface area contributed by atoms with Gasteiger partial charge in [-0.05, 0) is 49.8 Å². The lowest BCUT2D eigenvalue weighted by molar-refractivity contribution is 0.0390. The highest BCUT2D eigenvalue weighted by atomic mass is 16.5. The molecule has 2 aliphatic rings. The van der Waals surface area contributed by atoms with Gasteiger partial charge in [0, 0.05) is 18.2 Å². The Morgan fingerprint density at radius 2 is 2.00 bits per heavy atom. The fourth-order valence-electron chi connectivity index (χ4n) is 3.80. The summed E-state index contributed by atoms with van der Waals surface area (Å²) in [5.41, 5.74) is 0.760. The molecule has 2 fully saturated rings. The van der Waals surface area contributed by atoms with Crippen molar-refractivity contribution in [2.24, 2.45) is 5.92 Å². The molecule has 0 radical (unpaired) electrons. The van der Waals surface area contributed by atoms with Gasteiger partial charge in [0.05, 0.1) is 7.11 Å². The van der Waals surface area contributed by atoms with E-state index in [1.54, 1.807) is 7.11 Å². The monoisotopic (exact) mass is 273 g/mol. The zero-order valence-electron chi connectivity index (χ0n) is 12.2. The quantitative estimate of drug-likeness (QED) is 0.825. The lowest BCUT2D eigenvalue weighted by atomic mass is 9.78. The largest absolute Gasteiger partial charge is 0.497 e. The van der Waals surface area contributed by atoms with Crippen LogP contribution < -0.4 is 4.74 Å². The van der Waals surface area contributed by atoms with Gasteiger partial charge in [-0.2, -0.15) is 0 Å². The Kier molecular flexibility index (Phi) is 3.95. The smallest absolute Gasteiger partial charge is 0.254 e. The summed E-state index contributed by atoms with van der Waals surface area (Å²) in [4.78, 5) is 14.9. The molecular formula is C17H23NO2. The van der Waals surface area contributed by atoms with E-state index >= 15 is 0 Å². The van der Waals surface area contributed by atoms with E-state index in [9.17, 15) is 4.79 Å². The van der Waals surface area contributed by atoms with Crippen LogP contribution >= 0.6 is 0 Å².